The van der Waals surface area contributed by atoms with Gasteiger partial charge in [0.25, 0.3) is 0 Å². The van der Waals surface area contributed by atoms with E-state index in [1.807, 2.05) is 20.8 Å². The van der Waals surface area contributed by atoms with E-state index in [9.17, 15) is 27.9 Å². The van der Waals surface area contributed by atoms with Gasteiger partial charge in [0, 0.05) is 25.3 Å². The van der Waals surface area contributed by atoms with Gasteiger partial charge in [-0.05, 0) is 36.0 Å². The molecule has 3 rings (SSSR count). The Bertz CT molecular complexity index is 1130. The third kappa shape index (κ3) is 6.64. The van der Waals surface area contributed by atoms with Crippen LogP contribution >= 0.6 is 0 Å². The molecule has 1 fully saturated rings. The second-order valence-electron chi connectivity index (χ2n) is 9.65. The predicted molar refractivity (Wildman–Crippen MR) is 130 cm³/mol. The molecule has 0 spiro atoms. The first-order valence-electron chi connectivity index (χ1n) is 11.3. The van der Waals surface area contributed by atoms with Crippen molar-refractivity contribution in [2.24, 2.45) is 11.3 Å². The number of nitrogens with one attached hydrogen (secondary N) is 3. The lowest BCUT2D eigenvalue weighted by Gasteiger charge is -2.42. The summed E-state index contributed by atoms with van der Waals surface area (Å²) < 4.78 is 41.2. The van der Waals surface area contributed by atoms with Crippen LogP contribution in [0.25, 0.3) is 0 Å². The molecule has 194 valence electrons. The third-order valence-corrected chi connectivity index (χ3v) is 6.00. The number of hydrogen-bond acceptors (Lipinski definition) is 6. The van der Waals surface area contributed by atoms with E-state index in [0.717, 1.165) is 6.08 Å². The van der Waals surface area contributed by atoms with Crippen molar-refractivity contribution in [1.29, 1.82) is 0 Å². The number of amides is 2. The number of halogens is 3. The van der Waals surface area contributed by atoms with E-state index >= 15 is 0 Å². The molecule has 0 bridgehead atoms. The Balaban J connectivity index is 1.92. The van der Waals surface area contributed by atoms with Crippen LogP contribution in [0.5, 0.6) is 0 Å². The minimum Gasteiger partial charge on any atom is -0.465 e. The Morgan fingerprint density at radius 1 is 1.17 bits per heavy atom. The molecule has 0 aliphatic carbocycles. The van der Waals surface area contributed by atoms with Gasteiger partial charge < -0.3 is 26.0 Å². The van der Waals surface area contributed by atoms with Crippen LogP contribution in [0.4, 0.5) is 41.1 Å². The Morgan fingerprint density at radius 2 is 1.83 bits per heavy atom. The van der Waals surface area contributed by atoms with Crippen molar-refractivity contribution >= 4 is 35.1 Å². The number of para-hydroxylation sites is 2. The first-order valence-corrected chi connectivity index (χ1v) is 11.3. The van der Waals surface area contributed by atoms with Crippen LogP contribution in [0.15, 0.2) is 43.1 Å². The van der Waals surface area contributed by atoms with Crippen molar-refractivity contribution in [3.8, 4) is 0 Å². The largest absolute Gasteiger partial charge is 0.465 e. The topological polar surface area (TPSA) is 119 Å². The van der Waals surface area contributed by atoms with Gasteiger partial charge in [0.2, 0.25) is 11.9 Å². The summed E-state index contributed by atoms with van der Waals surface area (Å²) in [5.41, 5.74) is -0.853. The Morgan fingerprint density at radius 3 is 2.42 bits per heavy atom. The number of aromatic nitrogens is 2. The van der Waals surface area contributed by atoms with Gasteiger partial charge in [0.1, 0.15) is 11.4 Å². The van der Waals surface area contributed by atoms with Gasteiger partial charge in [-0.25, -0.2) is 9.78 Å². The number of likely N-dealkylation sites (tertiary alicyclic amines) is 1. The van der Waals surface area contributed by atoms with Crippen molar-refractivity contribution in [2.75, 3.05) is 29.0 Å². The van der Waals surface area contributed by atoms with Gasteiger partial charge in [-0.15, -0.1) is 0 Å². The fraction of sp³-hybridized carbons (Fsp3) is 0.417. The van der Waals surface area contributed by atoms with Crippen LogP contribution in [0.2, 0.25) is 0 Å². The highest BCUT2D eigenvalue weighted by Crippen LogP contribution is 2.37. The SMILES string of the molecule is C=CC(=O)Nc1ccccc1Nc1nc(NC2CC(C(C)(C)C)CN(C(=O)O)C2)ncc1C(F)(F)F. The standard InChI is InChI=1S/C24H29F3N6O3/c1-5-19(34)30-17-8-6-7-9-18(17)31-20-16(24(25,26)27)11-28-21(32-20)29-15-10-14(23(2,3)4)12-33(13-15)22(35)36/h5-9,11,14-15H,1,10,12-13H2,2-4H3,(H,30,34)(H,35,36)(H2,28,29,31,32). The number of carbonyl (C=O) groups excluding carboxylic acids is 1. The van der Waals surface area contributed by atoms with Crippen LogP contribution < -0.4 is 16.0 Å². The van der Waals surface area contributed by atoms with E-state index in [2.05, 4.69) is 32.5 Å². The van der Waals surface area contributed by atoms with Crippen molar-refractivity contribution in [2.45, 2.75) is 39.4 Å². The minimum absolute atomic E-state index is 0.0206. The second kappa shape index (κ2) is 10.4. The van der Waals surface area contributed by atoms with E-state index in [1.54, 1.807) is 12.1 Å². The predicted octanol–water partition coefficient (Wildman–Crippen LogP) is 5.19. The molecule has 2 amide bonds. The number of alkyl halides is 3. The zero-order chi connectivity index (χ0) is 26.7. The van der Waals surface area contributed by atoms with Gasteiger partial charge in [-0.3, -0.25) is 4.79 Å². The molecule has 2 aromatic rings. The maximum atomic E-state index is 13.7. The minimum atomic E-state index is -4.75. The van der Waals surface area contributed by atoms with Gasteiger partial charge in [-0.2, -0.15) is 18.2 Å². The van der Waals surface area contributed by atoms with Crippen LogP contribution in [-0.2, 0) is 11.0 Å². The summed E-state index contributed by atoms with van der Waals surface area (Å²) >= 11 is 0. The van der Waals surface area contributed by atoms with Crippen molar-refractivity contribution in [1.82, 2.24) is 14.9 Å². The first-order chi connectivity index (χ1) is 16.8. The summed E-state index contributed by atoms with van der Waals surface area (Å²) in [5, 5.41) is 17.7. The molecule has 12 heteroatoms. The highest BCUT2D eigenvalue weighted by atomic mass is 19.4. The second-order valence-corrected chi connectivity index (χ2v) is 9.65. The molecule has 36 heavy (non-hydrogen) atoms. The highest BCUT2D eigenvalue weighted by molar-refractivity contribution is 6.01. The van der Waals surface area contributed by atoms with E-state index in [4.69, 9.17) is 0 Å². The number of benzene rings is 1. The molecule has 1 aromatic carbocycles. The van der Waals surface area contributed by atoms with Gasteiger partial charge in [0.15, 0.2) is 0 Å². The maximum absolute atomic E-state index is 13.7. The summed E-state index contributed by atoms with van der Waals surface area (Å²) in [6, 6.07) is 5.82. The molecule has 1 aliphatic heterocycles. The van der Waals surface area contributed by atoms with E-state index in [-0.39, 0.29) is 35.2 Å². The molecule has 9 nitrogen and oxygen atoms in total. The molecule has 0 saturated carbocycles. The fourth-order valence-corrected chi connectivity index (χ4v) is 3.94. The van der Waals surface area contributed by atoms with Gasteiger partial charge in [0.05, 0.1) is 11.4 Å². The van der Waals surface area contributed by atoms with E-state index < -0.39 is 35.6 Å². The number of rotatable bonds is 6. The first kappa shape index (κ1) is 26.8. The Labute approximate surface area is 206 Å². The van der Waals surface area contributed by atoms with Gasteiger partial charge in [-0.1, -0.05) is 39.5 Å². The molecule has 2 unspecified atom stereocenters. The zero-order valence-corrected chi connectivity index (χ0v) is 20.2. The number of nitrogens with zero attached hydrogens (tertiary/aromatic N) is 3. The highest BCUT2D eigenvalue weighted by Gasteiger charge is 2.38. The molecule has 0 radical (unpaired) electrons. The summed E-state index contributed by atoms with van der Waals surface area (Å²) in [7, 11) is 0. The molecule has 2 heterocycles. The smallest absolute Gasteiger partial charge is 0.421 e. The quantitative estimate of drug-likeness (QED) is 0.398. The van der Waals surface area contributed by atoms with Crippen LogP contribution in [-0.4, -0.2) is 51.1 Å². The Kier molecular flexibility index (Phi) is 7.75. The maximum Gasteiger partial charge on any atom is 0.421 e. The van der Waals surface area contributed by atoms with Crippen LogP contribution in [0.3, 0.4) is 0 Å². The molecular weight excluding hydrogens is 477 g/mol. The third-order valence-electron chi connectivity index (χ3n) is 6.00. The Hall–Kier alpha value is -3.83. The van der Waals surface area contributed by atoms with Crippen LogP contribution in [0.1, 0.15) is 32.8 Å². The molecule has 1 saturated heterocycles. The zero-order valence-electron chi connectivity index (χ0n) is 20.2. The average molecular weight is 507 g/mol. The van der Waals surface area contributed by atoms with E-state index in [1.165, 1.54) is 17.0 Å². The van der Waals surface area contributed by atoms with Gasteiger partial charge >= 0.3 is 12.3 Å². The summed E-state index contributed by atoms with van der Waals surface area (Å²) in [4.78, 5) is 32.6. The lowest BCUT2D eigenvalue weighted by molar-refractivity contribution is -0.137. The lowest BCUT2D eigenvalue weighted by Crippen LogP contribution is -2.51. The van der Waals surface area contributed by atoms with E-state index in [0.29, 0.717) is 19.2 Å². The number of anilines is 4. The average Bonchev–Trinajstić information content (AvgIpc) is 2.78. The lowest BCUT2D eigenvalue weighted by atomic mass is 9.75. The fourth-order valence-electron chi connectivity index (χ4n) is 3.94. The van der Waals surface area contributed by atoms with Crippen molar-refractivity contribution < 1.29 is 27.9 Å². The molecule has 2 atom stereocenters. The number of piperidine rings is 1. The number of carboxylic acid groups (broad SMARTS) is 1. The monoisotopic (exact) mass is 506 g/mol. The summed E-state index contributed by atoms with van der Waals surface area (Å²) in [6.45, 7) is 9.92. The molecule has 1 aromatic heterocycles. The summed E-state index contributed by atoms with van der Waals surface area (Å²) in [6.07, 6.45) is -3.51. The normalized spacial score (nSPS) is 18.3. The molecule has 1 aliphatic rings. The van der Waals surface area contributed by atoms with Crippen LogP contribution in [0, 0.1) is 11.3 Å². The summed E-state index contributed by atoms with van der Waals surface area (Å²) in [5.74, 6) is -1.10. The number of hydrogen-bond donors (Lipinski definition) is 4. The van der Waals surface area contributed by atoms with Crippen molar-refractivity contribution in [3.05, 3.63) is 48.7 Å². The molecule has 4 N–H and O–H groups in total. The molecular formula is C24H29F3N6O3. The number of carbonyl (C=O) groups is 2. The van der Waals surface area contributed by atoms with Crippen molar-refractivity contribution in [3.63, 3.8) is 0 Å².